The summed E-state index contributed by atoms with van der Waals surface area (Å²) in [6.07, 6.45) is 1.19. The van der Waals surface area contributed by atoms with Crippen LogP contribution in [0.4, 0.5) is 0 Å². The van der Waals surface area contributed by atoms with Crippen molar-refractivity contribution in [2.45, 2.75) is 44.2 Å². The Bertz CT molecular complexity index is 934. The number of carboxylic acids is 1. The van der Waals surface area contributed by atoms with Gasteiger partial charge in [-0.05, 0) is 43.5 Å². The quantitative estimate of drug-likeness (QED) is 0.481. The van der Waals surface area contributed by atoms with Gasteiger partial charge in [0.05, 0.1) is 13.7 Å². The fourth-order valence-corrected chi connectivity index (χ4v) is 4.12. The van der Waals surface area contributed by atoms with Gasteiger partial charge in [-0.15, -0.1) is 0 Å². The minimum Gasteiger partial charge on any atom is -0.497 e. The number of benzene rings is 1. The number of carboxylic acid groups (broad SMARTS) is 1. The van der Waals surface area contributed by atoms with Crippen LogP contribution >= 0.6 is 0 Å². The van der Waals surface area contributed by atoms with E-state index in [4.69, 9.17) is 9.84 Å². The third kappa shape index (κ3) is 6.24. The van der Waals surface area contributed by atoms with Gasteiger partial charge in [-0.2, -0.15) is 0 Å². The summed E-state index contributed by atoms with van der Waals surface area (Å²) >= 11 is 0. The van der Waals surface area contributed by atoms with E-state index in [0.717, 1.165) is 6.42 Å². The second-order valence-electron chi connectivity index (χ2n) is 8.32. The third-order valence-electron chi connectivity index (χ3n) is 6.01. The second kappa shape index (κ2) is 11.5. The van der Waals surface area contributed by atoms with Crippen molar-refractivity contribution in [1.82, 2.24) is 20.4 Å². The van der Waals surface area contributed by atoms with Gasteiger partial charge >= 0.3 is 5.97 Å². The van der Waals surface area contributed by atoms with E-state index in [1.54, 1.807) is 24.3 Å². The standard InChI is InChI=1S/C23H30N4O7/c1-34-16-9-7-15(8-10-16)23(33)26-12-13-27(19(28)5-2-6-20(29)30)18(14-26)22(32)25-17-4-3-11-24-21(17)31/h7-10,17-18H,2-6,11-14H2,1H3,(H,24,31)(H,25,32)(H,29,30). The summed E-state index contributed by atoms with van der Waals surface area (Å²) in [6.45, 7) is 0.870. The molecule has 1 aromatic rings. The van der Waals surface area contributed by atoms with Crippen molar-refractivity contribution >= 4 is 29.6 Å². The first kappa shape index (κ1) is 25.0. The summed E-state index contributed by atoms with van der Waals surface area (Å²) in [4.78, 5) is 64.8. The van der Waals surface area contributed by atoms with Crippen LogP contribution in [0.2, 0.25) is 0 Å². The largest absolute Gasteiger partial charge is 0.497 e. The Kier molecular flexibility index (Phi) is 8.44. The van der Waals surface area contributed by atoms with Crippen LogP contribution in [-0.2, 0) is 19.2 Å². The lowest BCUT2D eigenvalue weighted by atomic mass is 10.0. The van der Waals surface area contributed by atoms with Crippen molar-refractivity contribution in [3.63, 3.8) is 0 Å². The number of ether oxygens (including phenoxy) is 1. The smallest absolute Gasteiger partial charge is 0.303 e. The maximum atomic E-state index is 13.2. The van der Waals surface area contributed by atoms with Gasteiger partial charge in [0.1, 0.15) is 17.8 Å². The summed E-state index contributed by atoms with van der Waals surface area (Å²) < 4.78 is 5.12. The minimum absolute atomic E-state index is 0.0214. The Hall–Kier alpha value is -3.63. The van der Waals surface area contributed by atoms with Gasteiger partial charge in [0.15, 0.2) is 0 Å². The highest BCUT2D eigenvalue weighted by atomic mass is 16.5. The number of methoxy groups -OCH3 is 1. The highest BCUT2D eigenvalue weighted by molar-refractivity contribution is 5.96. The Morgan fingerprint density at radius 1 is 1.15 bits per heavy atom. The van der Waals surface area contributed by atoms with E-state index in [1.807, 2.05) is 0 Å². The lowest BCUT2D eigenvalue weighted by molar-refractivity contribution is -0.144. The molecule has 0 aliphatic carbocycles. The molecule has 34 heavy (non-hydrogen) atoms. The number of piperazine rings is 1. The summed E-state index contributed by atoms with van der Waals surface area (Å²) in [5.74, 6) is -1.82. The molecule has 2 aliphatic rings. The van der Waals surface area contributed by atoms with Gasteiger partial charge in [-0.25, -0.2) is 0 Å². The molecule has 2 aliphatic heterocycles. The average Bonchev–Trinajstić information content (AvgIpc) is 2.84. The van der Waals surface area contributed by atoms with Crippen LogP contribution in [0.1, 0.15) is 42.5 Å². The van der Waals surface area contributed by atoms with E-state index < -0.39 is 24.0 Å². The fraction of sp³-hybridized carbons (Fsp3) is 0.522. The molecule has 2 fully saturated rings. The van der Waals surface area contributed by atoms with Crippen LogP contribution in [0.5, 0.6) is 5.75 Å². The fourth-order valence-electron chi connectivity index (χ4n) is 4.12. The molecule has 4 amide bonds. The second-order valence-corrected chi connectivity index (χ2v) is 8.32. The SMILES string of the molecule is COc1ccc(C(=O)N2CCN(C(=O)CCCC(=O)O)C(C(=O)NC3CCCNC3=O)C2)cc1. The van der Waals surface area contributed by atoms with Gasteiger partial charge < -0.3 is 30.3 Å². The van der Waals surface area contributed by atoms with Gasteiger partial charge in [0.2, 0.25) is 17.7 Å². The Labute approximate surface area is 197 Å². The number of piperidine rings is 1. The topological polar surface area (TPSA) is 145 Å². The third-order valence-corrected chi connectivity index (χ3v) is 6.01. The first-order chi connectivity index (χ1) is 16.3. The molecular weight excluding hydrogens is 444 g/mol. The molecule has 2 unspecified atom stereocenters. The number of carbonyl (C=O) groups excluding carboxylic acids is 4. The van der Waals surface area contributed by atoms with Crippen LogP contribution in [0.15, 0.2) is 24.3 Å². The molecule has 0 spiro atoms. The van der Waals surface area contributed by atoms with Crippen molar-refractivity contribution in [3.05, 3.63) is 29.8 Å². The van der Waals surface area contributed by atoms with E-state index >= 15 is 0 Å². The first-order valence-corrected chi connectivity index (χ1v) is 11.3. The lowest BCUT2D eigenvalue weighted by Crippen LogP contribution is -2.63. The molecule has 2 atom stereocenters. The summed E-state index contributed by atoms with van der Waals surface area (Å²) in [5, 5.41) is 14.3. The maximum Gasteiger partial charge on any atom is 0.303 e. The van der Waals surface area contributed by atoms with Crippen molar-refractivity contribution < 1.29 is 33.8 Å². The van der Waals surface area contributed by atoms with Crippen LogP contribution < -0.4 is 15.4 Å². The molecule has 0 aromatic heterocycles. The zero-order chi connectivity index (χ0) is 24.7. The van der Waals surface area contributed by atoms with E-state index in [9.17, 15) is 24.0 Å². The molecule has 0 saturated carbocycles. The predicted molar refractivity (Wildman–Crippen MR) is 120 cm³/mol. The zero-order valence-corrected chi connectivity index (χ0v) is 19.1. The number of amides is 4. The number of nitrogens with one attached hydrogen (secondary N) is 2. The van der Waals surface area contributed by atoms with Crippen molar-refractivity contribution in [3.8, 4) is 5.75 Å². The first-order valence-electron chi connectivity index (χ1n) is 11.3. The molecule has 11 heteroatoms. The maximum absolute atomic E-state index is 13.2. The number of hydrogen-bond acceptors (Lipinski definition) is 6. The molecule has 2 heterocycles. The summed E-state index contributed by atoms with van der Waals surface area (Å²) in [5.41, 5.74) is 0.424. The van der Waals surface area contributed by atoms with Gasteiger partial charge in [-0.3, -0.25) is 24.0 Å². The Morgan fingerprint density at radius 3 is 2.53 bits per heavy atom. The molecule has 3 N–H and O–H groups in total. The molecule has 1 aromatic carbocycles. The minimum atomic E-state index is -1.000. The number of aliphatic carboxylic acids is 1. The molecule has 2 saturated heterocycles. The van der Waals surface area contributed by atoms with Gasteiger partial charge in [0, 0.05) is 38.0 Å². The number of carbonyl (C=O) groups is 5. The van der Waals surface area contributed by atoms with Crippen molar-refractivity contribution in [1.29, 1.82) is 0 Å². The molecule has 0 bridgehead atoms. The van der Waals surface area contributed by atoms with Crippen molar-refractivity contribution in [2.24, 2.45) is 0 Å². The summed E-state index contributed by atoms with van der Waals surface area (Å²) in [6, 6.07) is 4.92. The lowest BCUT2D eigenvalue weighted by Gasteiger charge is -2.41. The number of hydrogen-bond donors (Lipinski definition) is 3. The molecule has 3 rings (SSSR count). The van der Waals surface area contributed by atoms with Crippen LogP contribution in [0, 0.1) is 0 Å². The monoisotopic (exact) mass is 474 g/mol. The molecule has 0 radical (unpaired) electrons. The Morgan fingerprint density at radius 2 is 1.88 bits per heavy atom. The van der Waals surface area contributed by atoms with Crippen LogP contribution in [0.25, 0.3) is 0 Å². The van der Waals surface area contributed by atoms with E-state index in [-0.39, 0.29) is 56.6 Å². The number of rotatable bonds is 8. The van der Waals surface area contributed by atoms with Gasteiger partial charge in [0.25, 0.3) is 5.91 Å². The molecular formula is C23H30N4O7. The van der Waals surface area contributed by atoms with E-state index in [0.29, 0.717) is 24.3 Å². The predicted octanol–water partition coefficient (Wildman–Crippen LogP) is -0.00210. The Balaban J connectivity index is 1.74. The van der Waals surface area contributed by atoms with E-state index in [2.05, 4.69) is 10.6 Å². The normalized spacial score (nSPS) is 20.3. The van der Waals surface area contributed by atoms with Gasteiger partial charge in [-0.1, -0.05) is 0 Å². The van der Waals surface area contributed by atoms with E-state index in [1.165, 1.54) is 16.9 Å². The molecule has 184 valence electrons. The highest BCUT2D eigenvalue weighted by Gasteiger charge is 2.38. The van der Waals surface area contributed by atoms with Crippen LogP contribution in [0.3, 0.4) is 0 Å². The zero-order valence-electron chi connectivity index (χ0n) is 19.1. The molecule has 11 nitrogen and oxygen atoms in total. The summed E-state index contributed by atoms with van der Waals surface area (Å²) in [7, 11) is 1.53. The van der Waals surface area contributed by atoms with Crippen molar-refractivity contribution in [2.75, 3.05) is 33.3 Å². The number of nitrogens with zero attached hydrogens (tertiary/aromatic N) is 2. The highest BCUT2D eigenvalue weighted by Crippen LogP contribution is 2.18. The van der Waals surface area contributed by atoms with Crippen LogP contribution in [-0.4, -0.2) is 89.9 Å². The average molecular weight is 475 g/mol.